The Bertz CT molecular complexity index is 1140. The monoisotopic (exact) mass is 748 g/mol. The summed E-state index contributed by atoms with van der Waals surface area (Å²) in [7, 11) is 0. The minimum Gasteiger partial charge on any atom is -0.394 e. The summed E-state index contributed by atoms with van der Waals surface area (Å²) < 4.78 is 39.8. The molecule has 1 unspecified atom stereocenters. The molecule has 23 nitrogen and oxygen atoms in total. The number of hydrogen-bond donors (Lipinski definition) is 14. The Morgan fingerprint density at radius 2 is 0.941 bits per heavy atom. The van der Waals surface area contributed by atoms with E-state index in [1.807, 2.05) is 0 Å². The van der Waals surface area contributed by atoms with Gasteiger partial charge in [0.15, 0.2) is 25.2 Å². The highest BCUT2D eigenvalue weighted by molar-refractivity contribution is 5.73. The van der Waals surface area contributed by atoms with Crippen LogP contribution in [0.4, 0.5) is 0 Å². The van der Waals surface area contributed by atoms with Crippen molar-refractivity contribution in [1.82, 2.24) is 10.6 Å². The number of nitrogens with one attached hydrogen (secondary N) is 2. The molecule has 23 heteroatoms. The minimum atomic E-state index is -2.01. The molecule has 14 N–H and O–H groups in total. The second kappa shape index (κ2) is 18.0. The van der Waals surface area contributed by atoms with Gasteiger partial charge in [-0.3, -0.25) is 9.59 Å². The van der Waals surface area contributed by atoms with Crippen LogP contribution in [0.2, 0.25) is 0 Å². The summed E-state index contributed by atoms with van der Waals surface area (Å²) >= 11 is 0. The third-order valence-corrected chi connectivity index (χ3v) is 8.99. The van der Waals surface area contributed by atoms with Crippen molar-refractivity contribution in [3.05, 3.63) is 0 Å². The highest BCUT2D eigenvalue weighted by atomic mass is 16.8. The number of amides is 2. The Morgan fingerprint density at radius 3 is 1.39 bits per heavy atom. The van der Waals surface area contributed by atoms with Crippen molar-refractivity contribution in [2.45, 2.75) is 137 Å². The van der Waals surface area contributed by atoms with E-state index in [0.29, 0.717) is 0 Å². The predicted molar refractivity (Wildman–Crippen MR) is 157 cm³/mol. The Morgan fingerprint density at radius 1 is 0.510 bits per heavy atom. The van der Waals surface area contributed by atoms with Gasteiger partial charge in [0.25, 0.3) is 0 Å². The second-order valence-electron chi connectivity index (χ2n) is 12.7. The summed E-state index contributed by atoms with van der Waals surface area (Å²) in [6, 6.07) is -3.06. The number of ether oxygens (including phenoxy) is 7. The van der Waals surface area contributed by atoms with Crippen molar-refractivity contribution in [2.24, 2.45) is 0 Å². The molecule has 4 aliphatic rings. The van der Waals surface area contributed by atoms with Crippen LogP contribution in [0.5, 0.6) is 0 Å². The standard InChI is InChI=1S/C28H48N2O21/c1-7(34)29-13-18(39)15(36)9(3-31)47-26(13)50-23-11(5-33)49-28(45-6-12-17(38)20(41)21(42)25(44)46-12)24(22(23)43)51-27-14(30-8(2)35)19(40)16(37)10(4-32)48-27/h9-28,31-33,36-44H,3-6H2,1-2H3,(H,29,34)(H,30,35)/t9-,10-,11-,12-,13-,14-,15-,16-,17-,18-,19-,20+,21+,22+,23-,24+,25?,26+,27+,28+/m1/s1. The van der Waals surface area contributed by atoms with Crippen LogP contribution < -0.4 is 10.6 Å². The first kappa shape index (κ1) is 41.9. The number of carbonyl (C=O) groups is 2. The number of carbonyl (C=O) groups excluding carboxylic acids is 2. The van der Waals surface area contributed by atoms with Crippen LogP contribution in [0.3, 0.4) is 0 Å². The summed E-state index contributed by atoms with van der Waals surface area (Å²) in [6.07, 6.45) is -31.5. The zero-order valence-corrected chi connectivity index (χ0v) is 27.4. The zero-order chi connectivity index (χ0) is 37.9. The van der Waals surface area contributed by atoms with Gasteiger partial charge >= 0.3 is 0 Å². The van der Waals surface area contributed by atoms with Crippen LogP contribution >= 0.6 is 0 Å². The summed E-state index contributed by atoms with van der Waals surface area (Å²) in [5, 5.41) is 129. The molecular formula is C28H48N2O21. The van der Waals surface area contributed by atoms with Gasteiger partial charge in [-0.15, -0.1) is 0 Å². The molecule has 20 atom stereocenters. The maximum absolute atomic E-state index is 12.0. The molecule has 4 saturated heterocycles. The van der Waals surface area contributed by atoms with Crippen LogP contribution in [0.1, 0.15) is 13.8 Å². The largest absolute Gasteiger partial charge is 0.394 e. The Kier molecular flexibility index (Phi) is 14.8. The fourth-order valence-electron chi connectivity index (χ4n) is 6.23. The van der Waals surface area contributed by atoms with E-state index in [9.17, 15) is 70.9 Å². The number of aliphatic hydroxyl groups excluding tert-OH is 12. The lowest BCUT2D eigenvalue weighted by Crippen LogP contribution is -2.69. The zero-order valence-electron chi connectivity index (χ0n) is 27.4. The smallest absolute Gasteiger partial charge is 0.217 e. The maximum atomic E-state index is 12.0. The summed E-state index contributed by atoms with van der Waals surface area (Å²) in [6.45, 7) is -1.16. The molecule has 296 valence electrons. The number of rotatable bonds is 12. The van der Waals surface area contributed by atoms with Crippen molar-refractivity contribution in [2.75, 3.05) is 26.4 Å². The lowest BCUT2D eigenvalue weighted by atomic mass is 9.94. The van der Waals surface area contributed by atoms with Crippen LogP contribution in [-0.2, 0) is 42.7 Å². The van der Waals surface area contributed by atoms with E-state index in [0.717, 1.165) is 13.8 Å². The summed E-state index contributed by atoms with van der Waals surface area (Å²) in [4.78, 5) is 24.0. The molecule has 0 radical (unpaired) electrons. The van der Waals surface area contributed by atoms with Gasteiger partial charge in [-0.05, 0) is 0 Å². The molecule has 0 spiro atoms. The topological polar surface area (TPSA) is 366 Å². The van der Waals surface area contributed by atoms with Gasteiger partial charge in [-0.1, -0.05) is 0 Å². The van der Waals surface area contributed by atoms with Gasteiger partial charge < -0.3 is 105 Å². The molecule has 0 saturated carbocycles. The van der Waals surface area contributed by atoms with E-state index in [1.54, 1.807) is 0 Å². The van der Waals surface area contributed by atoms with Gasteiger partial charge in [-0.25, -0.2) is 0 Å². The number of aliphatic hydroxyl groups is 12. The SMILES string of the molecule is CC(=O)N[C@H]1[C@H](O[C@@H]2[C@@H](OC[C@H]3OC(O)[C@@H](O)[C@@H](O)[C@@H]3O)O[C@H](CO)[C@@H](O[C@@H]3O[C@H](CO)[C@@H](O)[C@H](O)[C@H]3NC(C)=O)[C@@H]2O)O[C@H](CO)[C@@H](O)[C@@H]1O. The Balaban J connectivity index is 1.66. The molecule has 0 bridgehead atoms. The van der Waals surface area contributed by atoms with Crippen LogP contribution in [-0.4, -0.2) is 222 Å². The predicted octanol–water partition coefficient (Wildman–Crippen LogP) is -9.46. The van der Waals surface area contributed by atoms with Crippen molar-refractivity contribution in [3.8, 4) is 0 Å². The van der Waals surface area contributed by atoms with Gasteiger partial charge in [0, 0.05) is 13.8 Å². The molecule has 2 amide bonds. The Hall–Kier alpha value is -1.82. The molecule has 0 aromatic rings. The van der Waals surface area contributed by atoms with E-state index in [-0.39, 0.29) is 0 Å². The van der Waals surface area contributed by atoms with E-state index < -0.39 is 161 Å². The number of hydrogen-bond acceptors (Lipinski definition) is 21. The molecule has 51 heavy (non-hydrogen) atoms. The molecule has 4 fully saturated rings. The van der Waals surface area contributed by atoms with Crippen LogP contribution in [0, 0.1) is 0 Å². The van der Waals surface area contributed by atoms with Crippen LogP contribution in [0.25, 0.3) is 0 Å². The molecule has 4 aliphatic heterocycles. The second-order valence-corrected chi connectivity index (χ2v) is 12.7. The van der Waals surface area contributed by atoms with E-state index in [2.05, 4.69) is 10.6 Å². The van der Waals surface area contributed by atoms with E-state index >= 15 is 0 Å². The van der Waals surface area contributed by atoms with Gasteiger partial charge in [-0.2, -0.15) is 0 Å². The molecule has 0 aromatic carbocycles. The van der Waals surface area contributed by atoms with Crippen molar-refractivity contribution < 1.29 is 104 Å². The fourth-order valence-corrected chi connectivity index (χ4v) is 6.23. The van der Waals surface area contributed by atoms with Gasteiger partial charge in [0.2, 0.25) is 11.8 Å². The lowest BCUT2D eigenvalue weighted by Gasteiger charge is -2.49. The normalized spacial score (nSPS) is 47.8. The van der Waals surface area contributed by atoms with Crippen molar-refractivity contribution >= 4 is 11.8 Å². The fraction of sp³-hybridized carbons (Fsp3) is 0.929. The average molecular weight is 749 g/mol. The first-order chi connectivity index (χ1) is 24.0. The first-order valence-electron chi connectivity index (χ1n) is 16.1. The molecule has 4 rings (SSSR count). The van der Waals surface area contributed by atoms with Gasteiger partial charge in [0.05, 0.1) is 26.4 Å². The van der Waals surface area contributed by atoms with E-state index in [4.69, 9.17) is 33.2 Å². The maximum Gasteiger partial charge on any atom is 0.217 e. The van der Waals surface area contributed by atoms with Crippen molar-refractivity contribution in [1.29, 1.82) is 0 Å². The third-order valence-electron chi connectivity index (χ3n) is 8.99. The first-order valence-corrected chi connectivity index (χ1v) is 16.1. The quantitative estimate of drug-likeness (QED) is 0.0881. The third kappa shape index (κ3) is 9.29. The average Bonchev–Trinajstić information content (AvgIpc) is 3.09. The minimum absolute atomic E-state index is 0.702. The highest BCUT2D eigenvalue weighted by Gasteiger charge is 2.55. The molecular weight excluding hydrogens is 700 g/mol. The summed E-state index contributed by atoms with van der Waals surface area (Å²) in [5.41, 5.74) is 0. The molecule has 0 aliphatic carbocycles. The van der Waals surface area contributed by atoms with Gasteiger partial charge in [0.1, 0.15) is 97.5 Å². The highest BCUT2D eigenvalue weighted by Crippen LogP contribution is 2.34. The summed E-state index contributed by atoms with van der Waals surface area (Å²) in [5.74, 6) is -1.42. The lowest BCUT2D eigenvalue weighted by molar-refractivity contribution is -0.379. The van der Waals surface area contributed by atoms with Crippen molar-refractivity contribution in [3.63, 3.8) is 0 Å². The molecule has 0 aromatic heterocycles. The van der Waals surface area contributed by atoms with E-state index in [1.165, 1.54) is 0 Å². The Labute approximate surface area is 289 Å². The van der Waals surface area contributed by atoms with Crippen LogP contribution in [0.15, 0.2) is 0 Å². The molecule has 4 heterocycles.